The fourth-order valence-corrected chi connectivity index (χ4v) is 17.4. The Hall–Kier alpha value is -15.8. The van der Waals surface area contributed by atoms with Gasteiger partial charge in [-0.1, -0.05) is 272 Å². The normalized spacial score (nSPS) is 11.8. The molecule has 135 heavy (non-hydrogen) atoms. The number of ether oxygens (including phenoxy) is 14. The average Bonchev–Trinajstić information content (AvgIpc) is 1.65. The molecule has 1 aromatic heterocycles. The summed E-state index contributed by atoms with van der Waals surface area (Å²) < 4.78 is 95.0. The monoisotopic (exact) mass is 1820 g/mol. The SMILES string of the molecule is CN1/C(=C/C=C/c2sc3cc(OCc4cc(OCc5cc(OCc6ccccc6)cc(OCc6ccccc6)c5)cc(OCc5cc(OCc6ccccc6)cc(OCc6ccccc6)c5)c4)ccc3[n+]2C)Sc2cc(OCc3cc(OCc4cc(OCc5ccccc5)cc(OCc5ccccc5)c4)cc(OCc4cc(OCc5ccccc5)cc(OCc5ccccc5)c4)c3)ccc21. The molecule has 17 aromatic rings. The predicted octanol–water partition coefficient (Wildman–Crippen LogP) is 26.9. The van der Waals surface area contributed by atoms with Gasteiger partial charge in [0.25, 0.3) is 5.01 Å². The van der Waals surface area contributed by atoms with Crippen LogP contribution in [0.3, 0.4) is 0 Å². The van der Waals surface area contributed by atoms with Gasteiger partial charge in [-0.2, -0.15) is 4.57 Å². The lowest BCUT2D eigenvalue weighted by Gasteiger charge is -2.16. The molecule has 18 heteroatoms. The van der Waals surface area contributed by atoms with Crippen LogP contribution >= 0.6 is 23.1 Å². The molecule has 0 radical (unpaired) electrons. The van der Waals surface area contributed by atoms with Crippen molar-refractivity contribution < 1.29 is 70.9 Å². The van der Waals surface area contributed by atoms with E-state index in [0.29, 0.717) is 133 Å². The molecule has 1 aliphatic heterocycles. The number of thiazole rings is 1. The number of nitrogens with zero attached hydrogens (tertiary/aromatic N) is 2. The van der Waals surface area contributed by atoms with Crippen LogP contribution in [-0.4, -0.2) is 7.05 Å². The summed E-state index contributed by atoms with van der Waals surface area (Å²) in [6.45, 7) is 4.34. The van der Waals surface area contributed by atoms with E-state index in [4.69, 9.17) is 66.3 Å². The van der Waals surface area contributed by atoms with Gasteiger partial charge < -0.3 is 71.2 Å². The lowest BCUT2D eigenvalue weighted by atomic mass is 10.2. The highest BCUT2D eigenvalue weighted by Crippen LogP contribution is 2.47. The maximum Gasteiger partial charge on any atom is 0.262 e. The zero-order chi connectivity index (χ0) is 91.4. The number of hydrogen-bond acceptors (Lipinski definition) is 17. The molecule has 1 aliphatic rings. The van der Waals surface area contributed by atoms with E-state index in [1.807, 2.05) is 364 Å². The first-order chi connectivity index (χ1) is 66.5. The van der Waals surface area contributed by atoms with Gasteiger partial charge in [0, 0.05) is 66.6 Å². The van der Waals surface area contributed by atoms with Crippen molar-refractivity contribution in [2.75, 3.05) is 11.9 Å². The summed E-state index contributed by atoms with van der Waals surface area (Å²) in [6, 6.07) is 129. The lowest BCUT2D eigenvalue weighted by Crippen LogP contribution is -2.28. The molecule has 16 nitrogen and oxygen atoms in total. The second-order valence-electron chi connectivity index (χ2n) is 32.6. The highest BCUT2D eigenvalue weighted by atomic mass is 32.2. The first-order valence-corrected chi connectivity index (χ1v) is 46.5. The zero-order valence-corrected chi connectivity index (χ0v) is 76.6. The number of rotatable bonds is 44. The second-order valence-corrected chi connectivity index (χ2v) is 34.7. The molecule has 0 spiro atoms. The van der Waals surface area contributed by atoms with E-state index in [2.05, 4.69) is 66.1 Å². The number of benzene rings is 16. The number of anilines is 1. The molecule has 0 aliphatic carbocycles. The fourth-order valence-electron chi connectivity index (χ4n) is 15.2. The first kappa shape index (κ1) is 89.8. The number of aromatic nitrogens is 1. The number of fused-ring (bicyclic) bond motifs is 2. The Bertz CT molecular complexity index is 6260. The van der Waals surface area contributed by atoms with Crippen molar-refractivity contribution >= 4 is 45.1 Å². The average molecular weight is 1820 g/mol. The largest absolute Gasteiger partial charge is 0.489 e. The number of thioether (sulfide) groups is 1. The highest BCUT2D eigenvalue weighted by Gasteiger charge is 2.24. The van der Waals surface area contributed by atoms with E-state index in [9.17, 15) is 0 Å². The molecule has 674 valence electrons. The summed E-state index contributed by atoms with van der Waals surface area (Å²) in [5, 5.41) is 2.12. The molecule has 2 heterocycles. The van der Waals surface area contributed by atoms with Gasteiger partial charge in [0.05, 0.1) is 10.7 Å². The summed E-state index contributed by atoms with van der Waals surface area (Å²) in [5.74, 6) is 9.06. The molecule has 16 aromatic carbocycles. The third kappa shape index (κ3) is 26.3. The summed E-state index contributed by atoms with van der Waals surface area (Å²) in [6.07, 6.45) is 6.42. The van der Waals surface area contributed by atoms with Crippen LogP contribution in [0.1, 0.15) is 82.9 Å². The Balaban J connectivity index is 0.560. The van der Waals surface area contributed by atoms with Gasteiger partial charge in [-0.3, -0.25) is 0 Å². The van der Waals surface area contributed by atoms with Crippen molar-refractivity contribution in [2.24, 2.45) is 7.05 Å². The van der Waals surface area contributed by atoms with Crippen molar-refractivity contribution in [3.63, 3.8) is 0 Å². The molecule has 0 bridgehead atoms. The van der Waals surface area contributed by atoms with Crippen LogP contribution in [0.2, 0.25) is 0 Å². The molecular formula is C117H101N2O14S2+. The zero-order valence-electron chi connectivity index (χ0n) is 75.0. The highest BCUT2D eigenvalue weighted by molar-refractivity contribution is 8.03. The smallest absolute Gasteiger partial charge is 0.262 e. The molecule has 0 amide bonds. The summed E-state index contributed by atoms with van der Waals surface area (Å²) >= 11 is 3.38. The molecule has 18 rings (SSSR count). The van der Waals surface area contributed by atoms with Gasteiger partial charge in [-0.05, 0) is 181 Å². The van der Waals surface area contributed by atoms with E-state index < -0.39 is 0 Å². The van der Waals surface area contributed by atoms with Crippen LogP contribution in [0.25, 0.3) is 16.3 Å². The Kier molecular flexibility index (Phi) is 30.2. The number of hydrogen-bond donors (Lipinski definition) is 0. The molecule has 0 unspecified atom stereocenters. The van der Waals surface area contributed by atoms with Gasteiger partial charge in [0.1, 0.15) is 185 Å². The van der Waals surface area contributed by atoms with E-state index in [1.165, 1.54) is 0 Å². The van der Waals surface area contributed by atoms with Crippen molar-refractivity contribution in [1.29, 1.82) is 0 Å². The molecule has 0 fully saturated rings. The lowest BCUT2D eigenvalue weighted by molar-refractivity contribution is -0.642. The Morgan fingerprint density at radius 2 is 0.444 bits per heavy atom. The van der Waals surface area contributed by atoms with Gasteiger partial charge in [0.15, 0.2) is 0 Å². The van der Waals surface area contributed by atoms with Gasteiger partial charge in [-0.25, -0.2) is 0 Å². The topological polar surface area (TPSA) is 136 Å². The number of aryl methyl sites for hydroxylation is 1. The van der Waals surface area contributed by atoms with Crippen LogP contribution in [0.4, 0.5) is 5.69 Å². The van der Waals surface area contributed by atoms with Gasteiger partial charge in [-0.15, -0.1) is 0 Å². The Morgan fingerprint density at radius 3 is 0.689 bits per heavy atom. The third-order valence-corrected chi connectivity index (χ3v) is 24.5. The summed E-state index contributed by atoms with van der Waals surface area (Å²) in [7, 11) is 4.19. The maximum absolute atomic E-state index is 6.75. The first-order valence-electron chi connectivity index (χ1n) is 44.9. The van der Waals surface area contributed by atoms with E-state index in [-0.39, 0.29) is 39.6 Å². The minimum atomic E-state index is 0.201. The van der Waals surface area contributed by atoms with Crippen LogP contribution < -0.4 is 75.8 Å². The molecule has 0 atom stereocenters. The Labute approximate surface area is 795 Å². The van der Waals surface area contributed by atoms with E-state index in [1.54, 1.807) is 23.1 Å². The molecule has 0 N–H and O–H groups in total. The standard InChI is InChI=1S/C117H101N2O14S2/c1-118-112-48-46-98(120-78-92-50-108(130-80-94-54-100(122-70-84-28-11-3-12-29-84)62-101(55-94)123-71-85-30-13-4-14-31-85)66-109(51-92)131-81-95-56-102(124-72-86-32-15-5-16-33-86)63-103(57-95)125-73-87-34-17-6-18-35-87)68-114(112)134-116(118)44-27-45-117-119(2)113-49-47-99(69-115(113)135-117)121-79-93-52-110(132-82-96-58-104(126-74-88-36-19-7-20-37-88)64-105(59-96)127-75-89-38-21-8-22-39-89)67-111(53-93)133-83-97-60-106(128-76-90-40-23-9-24-41-90)65-107(61-97)129-77-91-42-25-10-26-43-91/h3-69H,70-83H2,1-2H3/q+1. The minimum Gasteiger partial charge on any atom is -0.489 e. The van der Waals surface area contributed by atoms with Crippen molar-refractivity contribution in [2.45, 2.75) is 97.4 Å². The summed E-state index contributed by atoms with van der Waals surface area (Å²) in [5.41, 5.74) is 15.7. The fraction of sp³-hybridized carbons (Fsp3) is 0.137. The molecule has 0 saturated heterocycles. The van der Waals surface area contributed by atoms with E-state index in [0.717, 1.165) is 109 Å². The minimum absolute atomic E-state index is 0.201. The van der Waals surface area contributed by atoms with Crippen LogP contribution in [0.5, 0.6) is 80.5 Å². The van der Waals surface area contributed by atoms with Crippen molar-refractivity contribution in [1.82, 2.24) is 0 Å². The maximum atomic E-state index is 6.75. The molecule has 0 saturated carbocycles. The van der Waals surface area contributed by atoms with Gasteiger partial charge in [0.2, 0.25) is 5.52 Å². The molecular weight excluding hydrogens is 1720 g/mol. The quantitative estimate of drug-likeness (QED) is 0.0335. The van der Waals surface area contributed by atoms with Crippen LogP contribution in [-0.2, 0) is 99.5 Å². The van der Waals surface area contributed by atoms with Crippen molar-refractivity contribution in [3.05, 3.63) is 488 Å². The van der Waals surface area contributed by atoms with Crippen LogP contribution in [0.15, 0.2) is 410 Å². The predicted molar refractivity (Wildman–Crippen MR) is 532 cm³/mol. The van der Waals surface area contributed by atoms with Gasteiger partial charge >= 0.3 is 0 Å². The summed E-state index contributed by atoms with van der Waals surface area (Å²) in [4.78, 5) is 3.28. The Morgan fingerprint density at radius 1 is 0.230 bits per heavy atom. The van der Waals surface area contributed by atoms with Crippen molar-refractivity contribution in [3.8, 4) is 80.5 Å². The number of allylic oxidation sites excluding steroid dienone is 2. The van der Waals surface area contributed by atoms with E-state index >= 15 is 0 Å². The third-order valence-electron chi connectivity index (χ3n) is 22.2. The van der Waals surface area contributed by atoms with Crippen LogP contribution in [0, 0.1) is 0 Å². The second kappa shape index (κ2) is 45.4.